The van der Waals surface area contributed by atoms with Crippen LogP contribution in [0.2, 0.25) is 0 Å². The molecule has 1 aromatic carbocycles. The lowest BCUT2D eigenvalue weighted by Gasteiger charge is -2.31. The van der Waals surface area contributed by atoms with Crippen LogP contribution in [0.15, 0.2) is 17.1 Å². The number of methoxy groups -OCH3 is 1. The number of ether oxygens (including phenoxy) is 1. The number of fused-ring (bicyclic) bond motifs is 1. The molecule has 39 heavy (non-hydrogen) atoms. The van der Waals surface area contributed by atoms with E-state index in [1.165, 1.54) is 33.1 Å². The number of thiocarbonyl (C=S) groups is 1. The maximum atomic E-state index is 15.0. The van der Waals surface area contributed by atoms with Crippen LogP contribution in [-0.4, -0.2) is 66.5 Å². The number of nitrogens with zero attached hydrogens (tertiary/aromatic N) is 2. The lowest BCUT2D eigenvalue weighted by atomic mass is 10.1. The fourth-order valence-electron chi connectivity index (χ4n) is 4.38. The number of benzene rings is 1. The third kappa shape index (κ3) is 7.79. The first-order valence-electron chi connectivity index (χ1n) is 13.1. The van der Waals surface area contributed by atoms with Gasteiger partial charge in [0.1, 0.15) is 11.3 Å². The highest BCUT2D eigenvalue weighted by molar-refractivity contribution is 7.80. The van der Waals surface area contributed by atoms with E-state index in [1.54, 1.807) is 4.57 Å². The number of carbonyl (C=O) groups excluding carboxylic acids is 1. The van der Waals surface area contributed by atoms with Gasteiger partial charge in [0.25, 0.3) is 0 Å². The highest BCUT2D eigenvalue weighted by Crippen LogP contribution is 2.43. The molecule has 5 N–H and O–H groups in total. The molecule has 2 heterocycles. The standard InChI is InChI=1S/C18H20FN3O4.C8H17N3OS/c1-26-17-14-11(8-13(19)15(17)21-6-4-20-5-7-21)16(23)12(18(24)25)9-22(14)10-2-3-10;1-3-4-5-6-9-8(13)11-10-7(2)12/h8-10,20H,2-7H2,1H3,(H,24,25);3-6H2,1-2H3,(H,10,12)(H2,9,11,13). The van der Waals surface area contributed by atoms with Gasteiger partial charge < -0.3 is 29.9 Å². The summed E-state index contributed by atoms with van der Waals surface area (Å²) in [5.41, 5.74) is 4.74. The Morgan fingerprint density at radius 2 is 1.92 bits per heavy atom. The molecule has 0 spiro atoms. The van der Waals surface area contributed by atoms with E-state index >= 15 is 0 Å². The van der Waals surface area contributed by atoms with Crippen LogP contribution in [0.5, 0.6) is 5.75 Å². The van der Waals surface area contributed by atoms with Crippen molar-refractivity contribution in [3.8, 4) is 5.75 Å². The fraction of sp³-hybridized carbons (Fsp3) is 0.538. The number of pyridine rings is 1. The molecule has 0 radical (unpaired) electrons. The molecule has 1 aliphatic heterocycles. The SMILES string of the molecule is CCCCCNC(=S)NNC(C)=O.COc1c(N2CCNCC2)c(F)cc2c(=O)c(C(=O)O)cn(C3CC3)c12. The lowest BCUT2D eigenvalue weighted by Crippen LogP contribution is -2.46. The molecule has 1 aliphatic carbocycles. The van der Waals surface area contributed by atoms with Crippen molar-refractivity contribution in [1.82, 2.24) is 26.1 Å². The Hall–Kier alpha value is -3.45. The minimum absolute atomic E-state index is 0.0463. The van der Waals surface area contributed by atoms with Gasteiger partial charge >= 0.3 is 5.97 Å². The Labute approximate surface area is 232 Å². The van der Waals surface area contributed by atoms with Gasteiger partial charge in [-0.25, -0.2) is 9.18 Å². The summed E-state index contributed by atoms with van der Waals surface area (Å²) in [7, 11) is 1.45. The van der Waals surface area contributed by atoms with Gasteiger partial charge in [0, 0.05) is 51.9 Å². The number of aromatic nitrogens is 1. The highest BCUT2D eigenvalue weighted by Gasteiger charge is 2.31. The van der Waals surface area contributed by atoms with Crippen molar-refractivity contribution in [3.05, 3.63) is 33.9 Å². The minimum atomic E-state index is -1.31. The Bertz CT molecular complexity index is 1260. The predicted octanol–water partition coefficient (Wildman–Crippen LogP) is 2.28. The number of unbranched alkanes of at least 4 members (excludes halogenated alkanes) is 2. The summed E-state index contributed by atoms with van der Waals surface area (Å²) in [5, 5.41) is 16.1. The zero-order valence-corrected chi connectivity index (χ0v) is 23.4. The normalized spacial score (nSPS) is 14.7. The topological polar surface area (TPSA) is 137 Å². The smallest absolute Gasteiger partial charge is 0.341 e. The van der Waals surface area contributed by atoms with Gasteiger partial charge in [0.05, 0.1) is 18.0 Å². The second-order valence-electron chi connectivity index (χ2n) is 9.46. The Kier molecular flexibility index (Phi) is 10.9. The molecule has 0 bridgehead atoms. The third-order valence-electron chi connectivity index (χ3n) is 6.42. The van der Waals surface area contributed by atoms with Gasteiger partial charge in [-0.15, -0.1) is 0 Å². The van der Waals surface area contributed by atoms with Crippen LogP contribution < -0.4 is 36.6 Å². The summed E-state index contributed by atoms with van der Waals surface area (Å²) in [5.74, 6) is -1.74. The average Bonchev–Trinajstić information content (AvgIpc) is 3.76. The maximum Gasteiger partial charge on any atom is 0.341 e. The Balaban J connectivity index is 0.000000276. The molecule has 4 rings (SSSR count). The van der Waals surface area contributed by atoms with E-state index in [2.05, 4.69) is 28.4 Å². The van der Waals surface area contributed by atoms with E-state index in [-0.39, 0.29) is 22.9 Å². The third-order valence-corrected chi connectivity index (χ3v) is 6.67. The van der Waals surface area contributed by atoms with Gasteiger partial charge in [-0.1, -0.05) is 19.8 Å². The molecule has 1 amide bonds. The zero-order valence-electron chi connectivity index (χ0n) is 22.6. The van der Waals surface area contributed by atoms with Crippen LogP contribution in [0, 0.1) is 5.82 Å². The first-order chi connectivity index (χ1) is 18.7. The molecule has 214 valence electrons. The van der Waals surface area contributed by atoms with E-state index in [0.717, 1.165) is 45.0 Å². The number of piperazine rings is 1. The number of amides is 1. The molecule has 0 atom stereocenters. The molecular formula is C26H37FN6O5S. The summed E-state index contributed by atoms with van der Waals surface area (Å²) in [4.78, 5) is 36.5. The minimum Gasteiger partial charge on any atom is -0.492 e. The monoisotopic (exact) mass is 564 g/mol. The Morgan fingerprint density at radius 1 is 1.23 bits per heavy atom. The van der Waals surface area contributed by atoms with Gasteiger partial charge in [0.2, 0.25) is 11.3 Å². The first kappa shape index (κ1) is 30.1. The molecule has 1 saturated heterocycles. The number of aromatic carboxylic acids is 1. The van der Waals surface area contributed by atoms with Crippen molar-refractivity contribution in [1.29, 1.82) is 0 Å². The lowest BCUT2D eigenvalue weighted by molar-refractivity contribution is -0.119. The maximum absolute atomic E-state index is 15.0. The molecule has 1 saturated carbocycles. The van der Waals surface area contributed by atoms with Gasteiger partial charge in [-0.05, 0) is 37.5 Å². The zero-order chi connectivity index (χ0) is 28.5. The molecule has 2 aliphatic rings. The predicted molar refractivity (Wildman–Crippen MR) is 152 cm³/mol. The highest BCUT2D eigenvalue weighted by atomic mass is 32.1. The molecule has 13 heteroatoms. The Morgan fingerprint density at radius 3 is 2.49 bits per heavy atom. The van der Waals surface area contributed by atoms with E-state index in [4.69, 9.17) is 17.0 Å². The number of carbonyl (C=O) groups is 2. The molecule has 0 unspecified atom stereocenters. The average molecular weight is 565 g/mol. The second-order valence-corrected chi connectivity index (χ2v) is 9.87. The summed E-state index contributed by atoms with van der Waals surface area (Å²) in [6, 6.07) is 1.26. The molecular weight excluding hydrogens is 527 g/mol. The summed E-state index contributed by atoms with van der Waals surface area (Å²) < 4.78 is 22.3. The second kappa shape index (κ2) is 14.1. The first-order valence-corrected chi connectivity index (χ1v) is 13.5. The van der Waals surface area contributed by atoms with E-state index in [9.17, 15) is 23.9 Å². The van der Waals surface area contributed by atoms with E-state index in [1.807, 2.05) is 4.90 Å². The summed E-state index contributed by atoms with van der Waals surface area (Å²) in [6.45, 7) is 7.13. The molecule has 2 fully saturated rings. The number of anilines is 1. The van der Waals surface area contributed by atoms with Gasteiger partial charge in [-0.3, -0.25) is 20.4 Å². The van der Waals surface area contributed by atoms with E-state index < -0.39 is 17.2 Å². The van der Waals surface area contributed by atoms with E-state index in [0.29, 0.717) is 35.2 Å². The number of halogens is 1. The van der Waals surface area contributed by atoms with Gasteiger partial charge in [-0.2, -0.15) is 0 Å². The van der Waals surface area contributed by atoms with Crippen LogP contribution in [-0.2, 0) is 4.79 Å². The number of nitrogens with one attached hydrogen (secondary N) is 4. The van der Waals surface area contributed by atoms with Crippen molar-refractivity contribution in [2.75, 3.05) is 44.7 Å². The number of carboxylic acid groups (broad SMARTS) is 1. The number of rotatable bonds is 8. The van der Waals surface area contributed by atoms with Crippen LogP contribution in [0.3, 0.4) is 0 Å². The van der Waals surface area contributed by atoms with Crippen molar-refractivity contribution in [2.24, 2.45) is 0 Å². The quantitative estimate of drug-likeness (QED) is 0.185. The fourth-order valence-corrected chi connectivity index (χ4v) is 4.53. The van der Waals surface area contributed by atoms with Gasteiger partial charge in [0.15, 0.2) is 16.7 Å². The van der Waals surface area contributed by atoms with Crippen LogP contribution >= 0.6 is 12.2 Å². The number of hydrazine groups is 1. The molecule has 1 aromatic heterocycles. The summed E-state index contributed by atoms with van der Waals surface area (Å²) >= 11 is 4.89. The molecule has 11 nitrogen and oxygen atoms in total. The number of hydrogen-bond donors (Lipinski definition) is 5. The number of carboxylic acids is 1. The van der Waals surface area contributed by atoms with Crippen molar-refractivity contribution in [3.63, 3.8) is 0 Å². The van der Waals surface area contributed by atoms with Crippen molar-refractivity contribution < 1.29 is 23.8 Å². The van der Waals surface area contributed by atoms with Crippen LogP contribution in [0.1, 0.15) is 62.4 Å². The molecule has 2 aromatic rings. The number of hydrogen-bond acceptors (Lipinski definition) is 7. The summed E-state index contributed by atoms with van der Waals surface area (Å²) in [6.07, 6.45) is 6.62. The largest absolute Gasteiger partial charge is 0.492 e. The van der Waals surface area contributed by atoms with Crippen LogP contribution in [0.25, 0.3) is 10.9 Å². The van der Waals surface area contributed by atoms with Crippen molar-refractivity contribution >= 4 is 45.8 Å². The van der Waals surface area contributed by atoms with Crippen LogP contribution in [0.4, 0.5) is 10.1 Å². The van der Waals surface area contributed by atoms with Crippen molar-refractivity contribution in [2.45, 2.75) is 52.0 Å².